The van der Waals surface area contributed by atoms with E-state index in [1.807, 2.05) is 13.8 Å². The van der Waals surface area contributed by atoms with Gasteiger partial charge >= 0.3 is 0 Å². The van der Waals surface area contributed by atoms with Gasteiger partial charge in [-0.3, -0.25) is 19.7 Å². The van der Waals surface area contributed by atoms with Crippen molar-refractivity contribution in [3.8, 4) is 5.75 Å². The van der Waals surface area contributed by atoms with Crippen LogP contribution in [-0.2, 0) is 11.8 Å². The van der Waals surface area contributed by atoms with Crippen LogP contribution in [0.1, 0.15) is 36.1 Å². The summed E-state index contributed by atoms with van der Waals surface area (Å²) in [6.45, 7) is 3.84. The normalized spacial score (nSPS) is 11.7. The number of anilines is 1. The van der Waals surface area contributed by atoms with Gasteiger partial charge in [0.25, 0.3) is 11.6 Å². The molecule has 35 heavy (non-hydrogen) atoms. The predicted molar refractivity (Wildman–Crippen MR) is 131 cm³/mol. The number of nitro groups is 1. The highest BCUT2D eigenvalue weighted by molar-refractivity contribution is 7.99. The standard InChI is InChI=1S/C23H26N6O5S/c1-14(2)20(25-22(31)15-7-5-9-17(11-15)29(32)33)21-26-27-23(28(21)3)35-13-19(30)24-16-8-6-10-18(12-16)34-4/h5-12,14,20H,13H2,1-4H3,(H,24,30)(H,25,31)/t20-/m1/s1. The zero-order valence-corrected chi connectivity index (χ0v) is 20.5. The number of nitrogens with one attached hydrogen (secondary N) is 2. The molecule has 3 rings (SSSR count). The molecule has 0 aliphatic heterocycles. The minimum atomic E-state index is -0.548. The van der Waals surface area contributed by atoms with E-state index in [1.165, 1.54) is 36.0 Å². The number of carbonyl (C=O) groups excluding carboxylic acids is 2. The van der Waals surface area contributed by atoms with Crippen molar-refractivity contribution < 1.29 is 19.2 Å². The highest BCUT2D eigenvalue weighted by Gasteiger charge is 2.26. The Morgan fingerprint density at radius 2 is 1.91 bits per heavy atom. The fourth-order valence-electron chi connectivity index (χ4n) is 3.27. The number of amides is 2. The van der Waals surface area contributed by atoms with Crippen molar-refractivity contribution >= 4 is 35.0 Å². The van der Waals surface area contributed by atoms with Gasteiger partial charge in [-0.05, 0) is 24.1 Å². The van der Waals surface area contributed by atoms with Crippen LogP contribution in [0.25, 0.3) is 0 Å². The molecule has 0 saturated carbocycles. The van der Waals surface area contributed by atoms with Crippen LogP contribution >= 0.6 is 11.8 Å². The van der Waals surface area contributed by atoms with Crippen molar-refractivity contribution in [1.29, 1.82) is 0 Å². The molecule has 0 unspecified atom stereocenters. The number of ether oxygens (including phenoxy) is 1. The number of thioether (sulfide) groups is 1. The summed E-state index contributed by atoms with van der Waals surface area (Å²) in [6, 6.07) is 12.1. The molecule has 12 heteroatoms. The van der Waals surface area contributed by atoms with Gasteiger partial charge in [0, 0.05) is 36.5 Å². The fourth-order valence-corrected chi connectivity index (χ4v) is 3.98. The van der Waals surface area contributed by atoms with Gasteiger partial charge in [0.15, 0.2) is 11.0 Å². The molecule has 2 N–H and O–H groups in total. The Morgan fingerprint density at radius 3 is 2.60 bits per heavy atom. The number of hydrogen-bond acceptors (Lipinski definition) is 8. The van der Waals surface area contributed by atoms with Gasteiger partial charge in [-0.25, -0.2) is 0 Å². The number of nitrogens with zero attached hydrogens (tertiary/aromatic N) is 4. The molecular weight excluding hydrogens is 472 g/mol. The smallest absolute Gasteiger partial charge is 0.270 e. The number of non-ortho nitro benzene ring substituents is 1. The number of carbonyl (C=O) groups is 2. The SMILES string of the molecule is COc1cccc(NC(=O)CSc2nnc([C@H](NC(=O)c3cccc([N+](=O)[O-])c3)C(C)C)n2C)c1. The molecule has 3 aromatic rings. The first-order valence-corrected chi connectivity index (χ1v) is 11.7. The highest BCUT2D eigenvalue weighted by atomic mass is 32.2. The summed E-state index contributed by atoms with van der Waals surface area (Å²) in [4.78, 5) is 35.7. The van der Waals surface area contributed by atoms with E-state index in [4.69, 9.17) is 4.74 Å². The molecule has 1 heterocycles. The van der Waals surface area contributed by atoms with Crippen molar-refractivity contribution in [2.75, 3.05) is 18.2 Å². The summed E-state index contributed by atoms with van der Waals surface area (Å²) < 4.78 is 6.88. The van der Waals surface area contributed by atoms with Crippen LogP contribution in [0.4, 0.5) is 11.4 Å². The van der Waals surface area contributed by atoms with E-state index >= 15 is 0 Å². The van der Waals surface area contributed by atoms with E-state index in [2.05, 4.69) is 20.8 Å². The average molecular weight is 499 g/mol. The lowest BCUT2D eigenvalue weighted by atomic mass is 10.0. The van der Waals surface area contributed by atoms with Crippen molar-refractivity contribution in [1.82, 2.24) is 20.1 Å². The molecule has 0 bridgehead atoms. The molecule has 0 spiro atoms. The lowest BCUT2D eigenvalue weighted by Gasteiger charge is -2.21. The van der Waals surface area contributed by atoms with Crippen LogP contribution in [0.5, 0.6) is 5.75 Å². The zero-order chi connectivity index (χ0) is 25.5. The molecule has 1 aromatic heterocycles. The van der Waals surface area contributed by atoms with Crippen LogP contribution < -0.4 is 15.4 Å². The summed E-state index contributed by atoms with van der Waals surface area (Å²) in [5.41, 5.74) is 0.636. The molecule has 0 aliphatic carbocycles. The first kappa shape index (κ1) is 25.7. The summed E-state index contributed by atoms with van der Waals surface area (Å²) in [7, 11) is 3.31. The maximum absolute atomic E-state index is 12.8. The number of benzene rings is 2. The number of methoxy groups -OCH3 is 1. The summed E-state index contributed by atoms with van der Waals surface area (Å²) in [6.07, 6.45) is 0. The van der Waals surface area contributed by atoms with Gasteiger partial charge in [0.2, 0.25) is 5.91 Å². The lowest BCUT2D eigenvalue weighted by Crippen LogP contribution is -2.33. The molecule has 1 atom stereocenters. The Morgan fingerprint density at radius 1 is 1.17 bits per heavy atom. The molecule has 0 radical (unpaired) electrons. The molecule has 0 aliphatic rings. The molecule has 2 aromatic carbocycles. The molecule has 0 fully saturated rings. The van der Waals surface area contributed by atoms with Crippen LogP contribution in [0.15, 0.2) is 53.7 Å². The number of aromatic nitrogens is 3. The highest BCUT2D eigenvalue weighted by Crippen LogP contribution is 2.25. The Balaban J connectivity index is 1.67. The minimum absolute atomic E-state index is 0.0465. The van der Waals surface area contributed by atoms with E-state index in [1.54, 1.807) is 43.0 Å². The van der Waals surface area contributed by atoms with Crippen molar-refractivity contribution in [3.05, 3.63) is 70.0 Å². The van der Waals surface area contributed by atoms with E-state index in [-0.39, 0.29) is 28.8 Å². The third-order valence-corrected chi connectivity index (χ3v) is 6.13. The van der Waals surface area contributed by atoms with Gasteiger partial charge in [-0.15, -0.1) is 10.2 Å². The average Bonchev–Trinajstić information content (AvgIpc) is 3.20. The molecule has 184 valence electrons. The third kappa shape index (κ3) is 6.57. The van der Waals surface area contributed by atoms with Crippen molar-refractivity contribution in [2.24, 2.45) is 13.0 Å². The first-order valence-electron chi connectivity index (χ1n) is 10.7. The van der Waals surface area contributed by atoms with Gasteiger partial charge in [0.05, 0.1) is 23.8 Å². The van der Waals surface area contributed by atoms with Gasteiger partial charge in [0.1, 0.15) is 5.75 Å². The second-order valence-electron chi connectivity index (χ2n) is 7.97. The van der Waals surface area contributed by atoms with Crippen LogP contribution in [-0.4, -0.2) is 44.4 Å². The van der Waals surface area contributed by atoms with Crippen molar-refractivity contribution in [2.45, 2.75) is 25.0 Å². The zero-order valence-electron chi connectivity index (χ0n) is 19.7. The second kappa shape index (κ2) is 11.5. The molecule has 0 saturated heterocycles. The van der Waals surface area contributed by atoms with Crippen LogP contribution in [0.3, 0.4) is 0 Å². The van der Waals surface area contributed by atoms with Gasteiger partial charge in [-0.2, -0.15) is 0 Å². The Labute approximate surface area is 206 Å². The second-order valence-corrected chi connectivity index (χ2v) is 8.91. The molecule has 2 amide bonds. The predicted octanol–water partition coefficient (Wildman–Crippen LogP) is 3.59. The molecular formula is C23H26N6O5S. The summed E-state index contributed by atoms with van der Waals surface area (Å²) in [5, 5.41) is 25.7. The van der Waals surface area contributed by atoms with E-state index in [0.717, 1.165) is 0 Å². The monoisotopic (exact) mass is 498 g/mol. The Bertz CT molecular complexity index is 1230. The van der Waals surface area contributed by atoms with E-state index in [0.29, 0.717) is 22.4 Å². The maximum atomic E-state index is 12.8. The van der Waals surface area contributed by atoms with Gasteiger partial charge in [-0.1, -0.05) is 37.7 Å². The van der Waals surface area contributed by atoms with Crippen LogP contribution in [0, 0.1) is 16.0 Å². The number of nitro benzene ring substituents is 1. The van der Waals surface area contributed by atoms with E-state index in [9.17, 15) is 19.7 Å². The summed E-state index contributed by atoms with van der Waals surface area (Å²) >= 11 is 1.21. The van der Waals surface area contributed by atoms with Gasteiger partial charge < -0.3 is 19.9 Å². The lowest BCUT2D eigenvalue weighted by molar-refractivity contribution is -0.384. The fraction of sp³-hybridized carbons (Fsp3) is 0.304. The Hall–Kier alpha value is -3.93. The minimum Gasteiger partial charge on any atom is -0.497 e. The summed E-state index contributed by atoms with van der Waals surface area (Å²) in [5.74, 6) is 0.536. The van der Waals surface area contributed by atoms with Crippen molar-refractivity contribution in [3.63, 3.8) is 0 Å². The molecule has 11 nitrogen and oxygen atoms in total. The number of hydrogen-bond donors (Lipinski definition) is 2. The topological polar surface area (TPSA) is 141 Å². The first-order chi connectivity index (χ1) is 16.7. The Kier molecular flexibility index (Phi) is 8.42. The largest absolute Gasteiger partial charge is 0.497 e. The van der Waals surface area contributed by atoms with E-state index < -0.39 is 16.9 Å². The van der Waals surface area contributed by atoms with Crippen LogP contribution in [0.2, 0.25) is 0 Å². The maximum Gasteiger partial charge on any atom is 0.270 e. The quantitative estimate of drug-likeness (QED) is 0.245. The third-order valence-electron chi connectivity index (χ3n) is 5.11. The number of rotatable bonds is 10.